The van der Waals surface area contributed by atoms with Crippen molar-refractivity contribution in [1.82, 2.24) is 4.41 Å². The lowest BCUT2D eigenvalue weighted by Crippen LogP contribution is -2.27. The van der Waals surface area contributed by atoms with Gasteiger partial charge in [0.05, 0.1) is 16.5 Å². The molecule has 1 heterocycles. The van der Waals surface area contributed by atoms with Crippen molar-refractivity contribution in [3.05, 3.63) is 58.1 Å². The monoisotopic (exact) mass is 462 g/mol. The van der Waals surface area contributed by atoms with E-state index in [1.807, 2.05) is 0 Å². The van der Waals surface area contributed by atoms with Crippen molar-refractivity contribution >= 4 is 31.7 Å². The minimum absolute atomic E-state index is 0.0966. The van der Waals surface area contributed by atoms with Gasteiger partial charge < -0.3 is 5.11 Å². The predicted octanol–water partition coefficient (Wildman–Crippen LogP) is 4.69. The van der Waals surface area contributed by atoms with Crippen molar-refractivity contribution in [3.8, 4) is 5.75 Å². The Kier molecular flexibility index (Phi) is 4.98. The standard InChI is InChI=1S/C17H14BrF3N2O3S/c1-10-8-15(14-9-12(18)4-7-16(14)24)23(22-10)27(25,26)13-5-2-11(3-6-13)17(19,20)21/h2-7,9,15,24H,8H2,1H3. The molecule has 2 aromatic rings. The molecule has 0 radical (unpaired) electrons. The summed E-state index contributed by atoms with van der Waals surface area (Å²) in [6.45, 7) is 1.64. The van der Waals surface area contributed by atoms with E-state index in [1.165, 1.54) is 6.07 Å². The summed E-state index contributed by atoms with van der Waals surface area (Å²) in [4.78, 5) is -0.312. The van der Waals surface area contributed by atoms with Gasteiger partial charge >= 0.3 is 6.18 Å². The maximum atomic E-state index is 13.0. The van der Waals surface area contributed by atoms with E-state index in [1.54, 1.807) is 19.1 Å². The number of hydrogen-bond acceptors (Lipinski definition) is 4. The molecule has 10 heteroatoms. The van der Waals surface area contributed by atoms with E-state index in [0.29, 0.717) is 27.9 Å². The highest BCUT2D eigenvalue weighted by Gasteiger charge is 2.38. The molecular weight excluding hydrogens is 449 g/mol. The molecule has 3 rings (SSSR count). The first-order valence-corrected chi connectivity index (χ1v) is 9.97. The Hall–Kier alpha value is -2.07. The molecule has 5 nitrogen and oxygen atoms in total. The number of halogens is 4. The minimum Gasteiger partial charge on any atom is -0.508 e. The third-order valence-corrected chi connectivity index (χ3v) is 6.29. The maximum absolute atomic E-state index is 13.0. The van der Waals surface area contributed by atoms with Gasteiger partial charge in [-0.05, 0) is 49.4 Å². The average molecular weight is 463 g/mol. The Morgan fingerprint density at radius 3 is 2.41 bits per heavy atom. The number of hydrazone groups is 1. The lowest BCUT2D eigenvalue weighted by molar-refractivity contribution is -0.137. The molecule has 0 spiro atoms. The molecule has 1 aliphatic rings. The van der Waals surface area contributed by atoms with Crippen LogP contribution in [0, 0.1) is 0 Å². The molecule has 2 aromatic carbocycles. The van der Waals surface area contributed by atoms with Crippen LogP contribution in [0.4, 0.5) is 13.2 Å². The van der Waals surface area contributed by atoms with Crippen molar-refractivity contribution in [1.29, 1.82) is 0 Å². The molecular formula is C17H14BrF3N2O3S. The minimum atomic E-state index is -4.56. The first-order valence-electron chi connectivity index (χ1n) is 7.74. The largest absolute Gasteiger partial charge is 0.508 e. The van der Waals surface area contributed by atoms with E-state index in [9.17, 15) is 26.7 Å². The second kappa shape index (κ2) is 6.83. The Labute approximate surface area is 162 Å². The van der Waals surface area contributed by atoms with Gasteiger partial charge in [-0.15, -0.1) is 0 Å². The molecule has 0 aliphatic carbocycles. The summed E-state index contributed by atoms with van der Waals surface area (Å²) in [5, 5.41) is 14.2. The van der Waals surface area contributed by atoms with Crippen LogP contribution < -0.4 is 0 Å². The van der Waals surface area contributed by atoms with E-state index in [0.717, 1.165) is 16.5 Å². The lowest BCUT2D eigenvalue weighted by atomic mass is 10.0. The highest BCUT2D eigenvalue weighted by molar-refractivity contribution is 9.10. The SMILES string of the molecule is CC1=NN(S(=O)(=O)c2ccc(C(F)(F)F)cc2)C(c2cc(Br)ccc2O)C1. The van der Waals surface area contributed by atoms with Crippen molar-refractivity contribution in [2.24, 2.45) is 5.10 Å². The topological polar surface area (TPSA) is 70.0 Å². The van der Waals surface area contributed by atoms with Gasteiger partial charge in [0.1, 0.15) is 5.75 Å². The first kappa shape index (κ1) is 19.7. The van der Waals surface area contributed by atoms with Gasteiger partial charge in [0.15, 0.2) is 0 Å². The van der Waals surface area contributed by atoms with Crippen LogP contribution in [0.15, 0.2) is 56.9 Å². The Bertz CT molecular complexity index is 1010. The zero-order valence-corrected chi connectivity index (χ0v) is 16.3. The maximum Gasteiger partial charge on any atom is 0.416 e. The molecule has 1 unspecified atom stereocenters. The molecule has 0 bridgehead atoms. The number of nitrogens with zero attached hydrogens (tertiary/aromatic N) is 2. The molecule has 144 valence electrons. The Morgan fingerprint density at radius 1 is 1.19 bits per heavy atom. The highest BCUT2D eigenvalue weighted by atomic mass is 79.9. The first-order chi connectivity index (χ1) is 12.5. The summed E-state index contributed by atoms with van der Waals surface area (Å²) in [6.07, 6.45) is -4.31. The van der Waals surface area contributed by atoms with Crippen LogP contribution in [0.25, 0.3) is 0 Å². The third-order valence-electron chi connectivity index (χ3n) is 4.10. The fourth-order valence-electron chi connectivity index (χ4n) is 2.80. The number of benzene rings is 2. The van der Waals surface area contributed by atoms with Crippen LogP contribution >= 0.6 is 15.9 Å². The number of alkyl halides is 3. The summed E-state index contributed by atoms with van der Waals surface area (Å²) >= 11 is 3.28. The van der Waals surface area contributed by atoms with Crippen LogP contribution in [0.1, 0.15) is 30.5 Å². The van der Waals surface area contributed by atoms with Gasteiger partial charge in [-0.1, -0.05) is 15.9 Å². The summed E-state index contributed by atoms with van der Waals surface area (Å²) in [5.74, 6) is -0.0966. The molecule has 0 amide bonds. The molecule has 1 N–H and O–H groups in total. The van der Waals surface area contributed by atoms with E-state index in [4.69, 9.17) is 0 Å². The molecule has 27 heavy (non-hydrogen) atoms. The number of phenols is 1. The number of aromatic hydroxyl groups is 1. The second-order valence-electron chi connectivity index (χ2n) is 6.06. The molecule has 0 saturated heterocycles. The van der Waals surface area contributed by atoms with Crippen LogP contribution in [-0.4, -0.2) is 23.7 Å². The van der Waals surface area contributed by atoms with Gasteiger partial charge in [-0.3, -0.25) is 0 Å². The molecule has 0 saturated carbocycles. The summed E-state index contributed by atoms with van der Waals surface area (Å²) in [6, 6.07) is 7.05. The zero-order chi connectivity index (χ0) is 20.0. The van der Waals surface area contributed by atoms with Gasteiger partial charge in [0, 0.05) is 22.2 Å². The number of hydrogen-bond donors (Lipinski definition) is 1. The Balaban J connectivity index is 2.02. The van der Waals surface area contributed by atoms with Crippen LogP contribution in [0.3, 0.4) is 0 Å². The number of sulfonamides is 1. The van der Waals surface area contributed by atoms with Gasteiger partial charge in [0.25, 0.3) is 10.0 Å². The van der Waals surface area contributed by atoms with Crippen molar-refractivity contribution in [2.75, 3.05) is 0 Å². The summed E-state index contributed by atoms with van der Waals surface area (Å²) < 4.78 is 65.6. The van der Waals surface area contributed by atoms with Gasteiger partial charge in [-0.25, -0.2) is 0 Å². The highest BCUT2D eigenvalue weighted by Crippen LogP contribution is 2.40. The van der Waals surface area contributed by atoms with Gasteiger partial charge in [-0.2, -0.15) is 31.1 Å². The zero-order valence-electron chi connectivity index (χ0n) is 13.9. The summed E-state index contributed by atoms with van der Waals surface area (Å²) in [5.41, 5.74) is -0.0703. The van der Waals surface area contributed by atoms with Gasteiger partial charge in [0.2, 0.25) is 0 Å². The molecule has 1 aliphatic heterocycles. The van der Waals surface area contributed by atoms with Crippen LogP contribution in [0.2, 0.25) is 0 Å². The van der Waals surface area contributed by atoms with Crippen molar-refractivity contribution in [2.45, 2.75) is 30.5 Å². The van der Waals surface area contributed by atoms with E-state index in [2.05, 4.69) is 21.0 Å². The van der Waals surface area contributed by atoms with E-state index >= 15 is 0 Å². The van der Waals surface area contributed by atoms with E-state index < -0.39 is 27.8 Å². The van der Waals surface area contributed by atoms with Crippen molar-refractivity contribution in [3.63, 3.8) is 0 Å². The average Bonchev–Trinajstić information content (AvgIpc) is 2.99. The normalized spacial score (nSPS) is 17.9. The quantitative estimate of drug-likeness (QED) is 0.719. The molecule has 1 atom stereocenters. The Morgan fingerprint density at radius 2 is 1.81 bits per heavy atom. The smallest absolute Gasteiger partial charge is 0.416 e. The predicted molar refractivity (Wildman–Crippen MR) is 96.7 cm³/mol. The van der Waals surface area contributed by atoms with Crippen LogP contribution in [0.5, 0.6) is 5.75 Å². The molecule has 0 aromatic heterocycles. The fraction of sp³-hybridized carbons (Fsp3) is 0.235. The summed E-state index contributed by atoms with van der Waals surface area (Å²) in [7, 11) is -4.21. The van der Waals surface area contributed by atoms with Crippen molar-refractivity contribution < 1.29 is 26.7 Å². The number of rotatable bonds is 3. The van der Waals surface area contributed by atoms with Crippen LogP contribution in [-0.2, 0) is 16.2 Å². The third kappa shape index (κ3) is 3.81. The van der Waals surface area contributed by atoms with E-state index in [-0.39, 0.29) is 17.1 Å². The number of phenolic OH excluding ortho intramolecular Hbond substituents is 1. The lowest BCUT2D eigenvalue weighted by Gasteiger charge is -2.24. The second-order valence-corrected chi connectivity index (χ2v) is 8.77. The molecule has 0 fully saturated rings. The fourth-order valence-corrected chi connectivity index (χ4v) is 4.65.